The van der Waals surface area contributed by atoms with E-state index in [0.717, 1.165) is 5.92 Å². The van der Waals surface area contributed by atoms with Crippen LogP contribution in [0, 0.1) is 5.92 Å². The van der Waals surface area contributed by atoms with Crippen LogP contribution in [0.4, 0.5) is 0 Å². The van der Waals surface area contributed by atoms with Crippen molar-refractivity contribution in [1.29, 1.82) is 0 Å². The molecule has 0 aromatic rings. The van der Waals surface area contributed by atoms with E-state index in [1.807, 2.05) is 0 Å². The Morgan fingerprint density at radius 1 is 0.538 bits per heavy atom. The molecule has 156 valence electrons. The minimum Gasteiger partial charge on any atom is -0.103 e. The first-order valence-electron chi connectivity index (χ1n) is 12.4. The molecule has 0 radical (unpaired) electrons. The van der Waals surface area contributed by atoms with Crippen LogP contribution in [0.25, 0.3) is 0 Å². The number of hydrogen-bond acceptors (Lipinski definition) is 0. The van der Waals surface area contributed by atoms with Crippen LogP contribution in [0.3, 0.4) is 0 Å². The van der Waals surface area contributed by atoms with E-state index in [1.54, 1.807) is 0 Å². The quantitative estimate of drug-likeness (QED) is 0.132. The second-order valence-corrected chi connectivity index (χ2v) is 8.77. The third-order valence-electron chi connectivity index (χ3n) is 5.91. The average Bonchev–Trinajstić information content (AvgIpc) is 2.65. The Labute approximate surface area is 167 Å². The Morgan fingerprint density at radius 3 is 1.27 bits per heavy atom. The third kappa shape index (κ3) is 21.8. The van der Waals surface area contributed by atoms with Gasteiger partial charge in [-0.3, -0.25) is 0 Å². The fourth-order valence-electron chi connectivity index (χ4n) is 3.97. The maximum Gasteiger partial charge on any atom is -0.0353 e. The molecular weight excluding hydrogens is 312 g/mol. The van der Waals surface area contributed by atoms with Gasteiger partial charge in [-0.2, -0.15) is 0 Å². The van der Waals surface area contributed by atoms with E-state index in [9.17, 15) is 0 Å². The second-order valence-electron chi connectivity index (χ2n) is 8.77. The molecule has 0 nitrogen and oxygen atoms in total. The largest absolute Gasteiger partial charge is 0.103 e. The van der Waals surface area contributed by atoms with Gasteiger partial charge >= 0.3 is 0 Å². The zero-order chi connectivity index (χ0) is 19.1. The predicted octanol–water partition coefficient (Wildman–Crippen LogP) is 10.0. The summed E-state index contributed by atoms with van der Waals surface area (Å²) in [6.45, 7) is 8.56. The van der Waals surface area contributed by atoms with Crippen LogP contribution in [0.15, 0.2) is 12.7 Å². The van der Waals surface area contributed by atoms with E-state index in [1.165, 1.54) is 135 Å². The minimum absolute atomic E-state index is 0.951. The molecule has 0 heterocycles. The van der Waals surface area contributed by atoms with E-state index in [0.29, 0.717) is 0 Å². The maximum absolute atomic E-state index is 3.79. The Kier molecular flexibility index (Phi) is 22.6. The van der Waals surface area contributed by atoms with Crippen molar-refractivity contribution in [3.63, 3.8) is 0 Å². The summed E-state index contributed by atoms with van der Waals surface area (Å²) in [5.74, 6) is 0.951. The molecule has 0 bridgehead atoms. The molecule has 0 saturated carbocycles. The third-order valence-corrected chi connectivity index (χ3v) is 5.91. The average molecular weight is 365 g/mol. The van der Waals surface area contributed by atoms with Gasteiger partial charge in [-0.05, 0) is 18.8 Å². The predicted molar refractivity (Wildman–Crippen MR) is 122 cm³/mol. The molecule has 0 aromatic heterocycles. The summed E-state index contributed by atoms with van der Waals surface area (Å²) in [4.78, 5) is 0. The Balaban J connectivity index is 3.10. The normalized spacial score (nSPS) is 12.4. The zero-order valence-electron chi connectivity index (χ0n) is 18.7. The van der Waals surface area contributed by atoms with E-state index < -0.39 is 0 Å². The van der Waals surface area contributed by atoms with Gasteiger partial charge in [0.15, 0.2) is 0 Å². The van der Waals surface area contributed by atoms with E-state index in [4.69, 9.17) is 0 Å². The van der Waals surface area contributed by atoms with Crippen molar-refractivity contribution in [3.8, 4) is 0 Å². The summed E-state index contributed by atoms with van der Waals surface area (Å²) in [6.07, 6.45) is 32.3. The highest BCUT2D eigenvalue weighted by atomic mass is 14.1. The number of rotatable bonds is 22. The summed E-state index contributed by atoms with van der Waals surface area (Å²) < 4.78 is 0. The van der Waals surface area contributed by atoms with Gasteiger partial charge in [0, 0.05) is 0 Å². The van der Waals surface area contributed by atoms with E-state index >= 15 is 0 Å². The summed E-state index contributed by atoms with van der Waals surface area (Å²) in [6, 6.07) is 0. The fraction of sp³-hybridized carbons (Fsp3) is 0.923. The molecule has 0 aliphatic heterocycles. The first kappa shape index (κ1) is 25.7. The van der Waals surface area contributed by atoms with Gasteiger partial charge in [-0.15, -0.1) is 6.58 Å². The molecular formula is C26H52. The van der Waals surface area contributed by atoms with Crippen LogP contribution in [0.5, 0.6) is 0 Å². The smallest absolute Gasteiger partial charge is 0.0353 e. The zero-order valence-corrected chi connectivity index (χ0v) is 18.7. The molecule has 26 heavy (non-hydrogen) atoms. The highest BCUT2D eigenvalue weighted by molar-refractivity contribution is 4.65. The van der Waals surface area contributed by atoms with Gasteiger partial charge in [-0.25, -0.2) is 0 Å². The summed E-state index contributed by atoms with van der Waals surface area (Å²) in [7, 11) is 0. The molecule has 0 saturated heterocycles. The van der Waals surface area contributed by atoms with Crippen LogP contribution in [-0.4, -0.2) is 0 Å². The van der Waals surface area contributed by atoms with Crippen LogP contribution in [-0.2, 0) is 0 Å². The molecule has 0 rings (SSSR count). The molecule has 0 aromatic carbocycles. The molecule has 1 atom stereocenters. The molecule has 0 heteroatoms. The molecule has 0 N–H and O–H groups in total. The first-order chi connectivity index (χ1) is 12.8. The highest BCUT2D eigenvalue weighted by Gasteiger charge is 2.02. The number of allylic oxidation sites excluding steroid dienone is 1. The highest BCUT2D eigenvalue weighted by Crippen LogP contribution is 2.19. The van der Waals surface area contributed by atoms with Gasteiger partial charge in [0.25, 0.3) is 0 Å². The molecule has 0 spiro atoms. The SMILES string of the molecule is C=CCCCCCCC(C)CCCCCCCCCCCCCCCC. The Morgan fingerprint density at radius 2 is 0.885 bits per heavy atom. The van der Waals surface area contributed by atoms with Crippen LogP contribution < -0.4 is 0 Å². The summed E-state index contributed by atoms with van der Waals surface area (Å²) >= 11 is 0. The molecule has 0 aliphatic rings. The standard InChI is InChI=1S/C26H52/c1-4-6-8-10-12-13-14-15-16-17-18-19-21-23-25-26(3)24-22-20-11-9-7-5-2/h5,26H,2,4,6-25H2,1,3H3. The van der Waals surface area contributed by atoms with Crippen molar-refractivity contribution >= 4 is 0 Å². The molecule has 1 unspecified atom stereocenters. The first-order valence-corrected chi connectivity index (χ1v) is 12.4. The topological polar surface area (TPSA) is 0 Å². The van der Waals surface area contributed by atoms with Crippen molar-refractivity contribution in [1.82, 2.24) is 0 Å². The van der Waals surface area contributed by atoms with Crippen molar-refractivity contribution in [2.24, 2.45) is 5.92 Å². The van der Waals surface area contributed by atoms with Crippen LogP contribution >= 0.6 is 0 Å². The van der Waals surface area contributed by atoms with Crippen LogP contribution in [0.2, 0.25) is 0 Å². The lowest BCUT2D eigenvalue weighted by Crippen LogP contribution is -1.95. The minimum atomic E-state index is 0.951. The lowest BCUT2D eigenvalue weighted by atomic mass is 9.96. The van der Waals surface area contributed by atoms with E-state index in [2.05, 4.69) is 26.5 Å². The monoisotopic (exact) mass is 364 g/mol. The van der Waals surface area contributed by atoms with Crippen molar-refractivity contribution in [3.05, 3.63) is 12.7 Å². The van der Waals surface area contributed by atoms with Crippen LogP contribution in [0.1, 0.15) is 149 Å². The molecule has 0 fully saturated rings. The Hall–Kier alpha value is -0.260. The van der Waals surface area contributed by atoms with Gasteiger partial charge in [0.2, 0.25) is 0 Å². The number of hydrogen-bond donors (Lipinski definition) is 0. The number of unbranched alkanes of at least 4 members (excludes halogenated alkanes) is 17. The van der Waals surface area contributed by atoms with E-state index in [-0.39, 0.29) is 0 Å². The molecule has 0 amide bonds. The van der Waals surface area contributed by atoms with Gasteiger partial charge in [0.1, 0.15) is 0 Å². The fourth-order valence-corrected chi connectivity index (χ4v) is 3.97. The molecule has 0 aliphatic carbocycles. The van der Waals surface area contributed by atoms with Gasteiger partial charge < -0.3 is 0 Å². The lowest BCUT2D eigenvalue weighted by molar-refractivity contribution is 0.432. The van der Waals surface area contributed by atoms with Gasteiger partial charge in [0.05, 0.1) is 0 Å². The van der Waals surface area contributed by atoms with Crippen molar-refractivity contribution in [2.45, 2.75) is 149 Å². The maximum atomic E-state index is 3.79. The Bertz CT molecular complexity index is 255. The van der Waals surface area contributed by atoms with Gasteiger partial charge in [-0.1, -0.05) is 142 Å². The lowest BCUT2D eigenvalue weighted by Gasteiger charge is -2.11. The second kappa shape index (κ2) is 22.8. The van der Waals surface area contributed by atoms with Crippen molar-refractivity contribution < 1.29 is 0 Å². The summed E-state index contributed by atoms with van der Waals surface area (Å²) in [5.41, 5.74) is 0. The van der Waals surface area contributed by atoms with Crippen molar-refractivity contribution in [2.75, 3.05) is 0 Å². The summed E-state index contributed by atoms with van der Waals surface area (Å²) in [5, 5.41) is 0.